The summed E-state index contributed by atoms with van der Waals surface area (Å²) >= 11 is 0. The largest absolute Gasteiger partial charge is 0.481 e. The average molecular weight is 487 g/mol. The van der Waals surface area contributed by atoms with Crippen LogP contribution in [0.2, 0.25) is 6.82 Å². The Hall–Kier alpha value is -3.85. The van der Waals surface area contributed by atoms with Crippen molar-refractivity contribution in [1.82, 2.24) is 4.98 Å². The van der Waals surface area contributed by atoms with E-state index >= 15 is 0 Å². The van der Waals surface area contributed by atoms with Crippen LogP contribution < -0.4 is 19.7 Å². The molecule has 9 heteroatoms. The summed E-state index contributed by atoms with van der Waals surface area (Å²) in [7, 11) is 4.86. The summed E-state index contributed by atoms with van der Waals surface area (Å²) in [6.07, 6.45) is 0. The Bertz CT molecular complexity index is 1330. The van der Waals surface area contributed by atoms with Crippen molar-refractivity contribution < 1.29 is 33.6 Å². The number of ether oxygens (including phenoxy) is 4. The van der Waals surface area contributed by atoms with E-state index in [4.69, 9.17) is 18.9 Å². The fourth-order valence-corrected chi connectivity index (χ4v) is 5.68. The number of hydrogen-bond donors (Lipinski definition) is 1. The van der Waals surface area contributed by atoms with Crippen LogP contribution in [-0.4, -0.2) is 50.5 Å². The number of aromatic nitrogens is 1. The van der Waals surface area contributed by atoms with Crippen LogP contribution in [0.25, 0.3) is 0 Å². The SMILES string of the molecule is CBc1ccc([C@@]23Oc4cc(OC)nc(OC)c4[C@]2(O)C(=O)[C@H](C(=O)OC)[C@H]3c2ccccc2)cc1. The van der Waals surface area contributed by atoms with Gasteiger partial charge in [0.2, 0.25) is 17.4 Å². The first-order valence-electron chi connectivity index (χ1n) is 11.7. The molecular weight excluding hydrogens is 461 g/mol. The summed E-state index contributed by atoms with van der Waals surface area (Å²) in [6, 6.07) is 18.1. The Morgan fingerprint density at radius 2 is 1.75 bits per heavy atom. The van der Waals surface area contributed by atoms with Gasteiger partial charge in [0.1, 0.15) is 17.2 Å². The molecule has 4 atom stereocenters. The Morgan fingerprint density at radius 3 is 2.33 bits per heavy atom. The Balaban J connectivity index is 1.89. The van der Waals surface area contributed by atoms with E-state index in [1.165, 1.54) is 27.4 Å². The molecular formula is C27H26BNO7. The zero-order valence-electron chi connectivity index (χ0n) is 20.5. The van der Waals surface area contributed by atoms with Crippen molar-refractivity contribution in [2.24, 2.45) is 5.92 Å². The van der Waals surface area contributed by atoms with E-state index in [0.717, 1.165) is 12.7 Å². The van der Waals surface area contributed by atoms with Crippen LogP contribution in [0.3, 0.4) is 0 Å². The number of nitrogens with zero attached hydrogens (tertiary/aromatic N) is 1. The normalized spacial score (nSPS) is 26.0. The molecule has 2 aliphatic rings. The maximum Gasteiger partial charge on any atom is 0.317 e. The number of rotatable bonds is 6. The minimum atomic E-state index is -2.31. The number of pyridine rings is 1. The number of benzene rings is 2. The van der Waals surface area contributed by atoms with Gasteiger partial charge < -0.3 is 24.1 Å². The lowest BCUT2D eigenvalue weighted by Crippen LogP contribution is -2.51. The van der Waals surface area contributed by atoms with Gasteiger partial charge >= 0.3 is 5.97 Å². The monoisotopic (exact) mass is 487 g/mol. The zero-order chi connectivity index (χ0) is 25.7. The molecule has 0 radical (unpaired) electrons. The van der Waals surface area contributed by atoms with Crippen LogP contribution in [0, 0.1) is 5.92 Å². The number of carbonyl (C=O) groups is 2. The lowest BCUT2D eigenvalue weighted by atomic mass is 9.68. The molecule has 1 saturated carbocycles. The standard InChI is InChI=1S/C27H26BNO7/c1-28-17-12-10-16(11-13-17)27-21(15-8-6-5-7-9-15)20(25(31)35-4)23(30)26(27,32)22-18(36-27)14-19(33-2)29-24(22)34-3/h5-14,20-21,28,32H,1-4H3/t20-,21-,26+,27+/m1/s1. The summed E-state index contributed by atoms with van der Waals surface area (Å²) in [5.74, 6) is -3.40. The van der Waals surface area contributed by atoms with Gasteiger partial charge in [0, 0.05) is 6.07 Å². The zero-order valence-corrected chi connectivity index (χ0v) is 20.5. The van der Waals surface area contributed by atoms with Gasteiger partial charge in [0.25, 0.3) is 0 Å². The quantitative estimate of drug-likeness (QED) is 0.319. The van der Waals surface area contributed by atoms with Gasteiger partial charge in [-0.1, -0.05) is 66.9 Å². The van der Waals surface area contributed by atoms with Crippen molar-refractivity contribution in [2.45, 2.75) is 23.9 Å². The molecule has 1 fully saturated rings. The number of carbonyl (C=O) groups excluding carboxylic acids is 2. The minimum absolute atomic E-state index is 0.0235. The maximum absolute atomic E-state index is 14.2. The van der Waals surface area contributed by atoms with Crippen LogP contribution in [0.1, 0.15) is 22.6 Å². The van der Waals surface area contributed by atoms with Gasteiger partial charge in [-0.25, -0.2) is 0 Å². The van der Waals surface area contributed by atoms with E-state index in [1.807, 2.05) is 61.4 Å². The molecule has 0 spiro atoms. The van der Waals surface area contributed by atoms with Crippen LogP contribution in [0.15, 0.2) is 60.7 Å². The third kappa shape index (κ3) is 3.02. The highest BCUT2D eigenvalue weighted by molar-refractivity contribution is 6.51. The summed E-state index contributed by atoms with van der Waals surface area (Å²) in [4.78, 5) is 31.7. The second kappa shape index (κ2) is 8.67. The molecule has 8 nitrogen and oxygen atoms in total. The molecule has 0 bridgehead atoms. The predicted octanol–water partition coefficient (Wildman–Crippen LogP) is 1.84. The summed E-state index contributed by atoms with van der Waals surface area (Å²) in [6.45, 7) is 2.04. The molecule has 2 heterocycles. The first-order valence-corrected chi connectivity index (χ1v) is 11.7. The third-order valence-corrected chi connectivity index (χ3v) is 7.31. The van der Waals surface area contributed by atoms with Crippen LogP contribution >= 0.6 is 0 Å². The minimum Gasteiger partial charge on any atom is -0.481 e. The lowest BCUT2D eigenvalue weighted by molar-refractivity contribution is -0.155. The fourth-order valence-electron chi connectivity index (χ4n) is 5.68. The van der Waals surface area contributed by atoms with E-state index in [0.29, 0.717) is 11.1 Å². The fraction of sp³-hybridized carbons (Fsp3) is 0.296. The number of fused-ring (bicyclic) bond motifs is 3. The van der Waals surface area contributed by atoms with Crippen LogP contribution in [0.5, 0.6) is 17.5 Å². The molecule has 2 aromatic carbocycles. The van der Waals surface area contributed by atoms with Crippen molar-refractivity contribution in [2.75, 3.05) is 21.3 Å². The van der Waals surface area contributed by atoms with E-state index < -0.39 is 34.8 Å². The number of Topliss-reactive ketones (excluding diaryl/α,β-unsaturated/α-hetero) is 1. The number of ketones is 1. The molecule has 1 N–H and O–H groups in total. The van der Waals surface area contributed by atoms with Crippen molar-refractivity contribution in [1.29, 1.82) is 0 Å². The summed E-state index contributed by atoms with van der Waals surface area (Å²) in [5.41, 5.74) is -1.71. The van der Waals surface area contributed by atoms with E-state index in [9.17, 15) is 14.7 Å². The van der Waals surface area contributed by atoms with Gasteiger partial charge in [-0.05, 0) is 11.1 Å². The highest BCUT2D eigenvalue weighted by Gasteiger charge is 2.79. The van der Waals surface area contributed by atoms with Crippen molar-refractivity contribution >= 4 is 24.5 Å². The molecule has 36 heavy (non-hydrogen) atoms. The van der Waals surface area contributed by atoms with Crippen LogP contribution in [0.4, 0.5) is 0 Å². The van der Waals surface area contributed by atoms with Gasteiger partial charge in [-0.15, -0.1) is 0 Å². The van der Waals surface area contributed by atoms with Gasteiger partial charge in [-0.3, -0.25) is 9.59 Å². The van der Waals surface area contributed by atoms with E-state index in [2.05, 4.69) is 4.98 Å². The molecule has 0 amide bonds. The Labute approximate surface area is 209 Å². The molecule has 1 aromatic heterocycles. The molecule has 0 saturated heterocycles. The van der Waals surface area contributed by atoms with Crippen molar-refractivity contribution in [3.8, 4) is 17.5 Å². The summed E-state index contributed by atoms with van der Waals surface area (Å²) in [5, 5.41) is 12.6. The van der Waals surface area contributed by atoms with Crippen LogP contribution in [-0.2, 0) is 25.5 Å². The highest BCUT2D eigenvalue weighted by atomic mass is 16.5. The van der Waals surface area contributed by atoms with Gasteiger partial charge in [-0.2, -0.15) is 4.98 Å². The van der Waals surface area contributed by atoms with Crippen molar-refractivity contribution in [3.05, 3.63) is 77.4 Å². The lowest BCUT2D eigenvalue weighted by Gasteiger charge is -2.39. The Morgan fingerprint density at radius 1 is 1.06 bits per heavy atom. The Kier molecular flexibility index (Phi) is 5.75. The number of hydrogen-bond acceptors (Lipinski definition) is 8. The molecule has 184 valence electrons. The first kappa shape index (κ1) is 23.9. The second-order valence-electron chi connectivity index (χ2n) is 8.90. The third-order valence-electron chi connectivity index (χ3n) is 7.31. The van der Waals surface area contributed by atoms with Crippen molar-refractivity contribution in [3.63, 3.8) is 0 Å². The predicted molar refractivity (Wildman–Crippen MR) is 132 cm³/mol. The smallest absolute Gasteiger partial charge is 0.317 e. The molecule has 3 aromatic rings. The van der Waals surface area contributed by atoms with E-state index in [1.54, 1.807) is 0 Å². The number of esters is 1. The molecule has 1 aliphatic heterocycles. The first-order chi connectivity index (χ1) is 17.4. The highest BCUT2D eigenvalue weighted by Crippen LogP contribution is 2.68. The number of methoxy groups -OCH3 is 3. The topological polar surface area (TPSA) is 104 Å². The second-order valence-corrected chi connectivity index (χ2v) is 8.90. The van der Waals surface area contributed by atoms with E-state index in [-0.39, 0.29) is 23.1 Å². The number of aliphatic hydroxyl groups is 1. The average Bonchev–Trinajstić information content (AvgIpc) is 3.30. The summed E-state index contributed by atoms with van der Waals surface area (Å²) < 4.78 is 22.5. The van der Waals surface area contributed by atoms with Gasteiger partial charge in [0.15, 0.2) is 18.7 Å². The van der Waals surface area contributed by atoms with Gasteiger partial charge in [0.05, 0.1) is 27.2 Å². The maximum atomic E-state index is 14.2. The molecule has 0 unspecified atom stereocenters. The molecule has 5 rings (SSSR count). The molecule has 1 aliphatic carbocycles.